The average Bonchev–Trinajstić information content (AvgIpc) is 2.43. The Kier molecular flexibility index (Phi) is 9.42. The Morgan fingerprint density at radius 3 is 0.750 bits per heavy atom. The van der Waals surface area contributed by atoms with E-state index in [0.29, 0.717) is 0 Å². The number of hydrogen-bond donors (Lipinski definition) is 0. The molecular formula is C7H7F9O9S3. The van der Waals surface area contributed by atoms with Gasteiger partial charge in [0.05, 0.1) is 0 Å². The first-order valence-corrected chi connectivity index (χ1v) is 10.3. The molecule has 170 valence electrons. The van der Waals surface area contributed by atoms with Gasteiger partial charge in [-0.1, -0.05) is 0 Å². The van der Waals surface area contributed by atoms with Crippen molar-refractivity contribution in [2.75, 3.05) is 0 Å². The molecule has 21 heteroatoms. The third-order valence-corrected chi connectivity index (χ3v) is 8.99. The molecule has 0 spiro atoms. The van der Waals surface area contributed by atoms with Crippen LogP contribution in [0.1, 0.15) is 0 Å². The third kappa shape index (κ3) is 7.50. The zero-order valence-corrected chi connectivity index (χ0v) is 14.8. The maximum atomic E-state index is 12.7. The lowest BCUT2D eigenvalue weighted by Crippen LogP contribution is -2.45. The Bertz CT molecular complexity index is 703. The van der Waals surface area contributed by atoms with Crippen LogP contribution < -0.4 is 0 Å². The number of halogens is 9. The Hall–Kier alpha value is -0.900. The van der Waals surface area contributed by atoms with Gasteiger partial charge < -0.3 is 0 Å². The van der Waals surface area contributed by atoms with Crippen LogP contribution in [0.25, 0.3) is 0 Å². The minimum absolute atomic E-state index is 2.84. The SMILES string of the molecule is O=S(=O)(OC(F)C(F)F)C(S(=O)(=O)OC(F)C(F)F)S(=O)(=O)OC(F)C(F)F. The molecule has 0 aliphatic rings. The summed E-state index contributed by atoms with van der Waals surface area (Å²) in [6.45, 7) is 0. The molecule has 0 aromatic carbocycles. The van der Waals surface area contributed by atoms with Crippen LogP contribution in [0.3, 0.4) is 0 Å². The van der Waals surface area contributed by atoms with E-state index in [4.69, 9.17) is 0 Å². The molecule has 3 atom stereocenters. The van der Waals surface area contributed by atoms with Gasteiger partial charge in [0.2, 0.25) is 0 Å². The molecule has 3 unspecified atom stereocenters. The average molecular weight is 502 g/mol. The molecule has 0 N–H and O–H groups in total. The monoisotopic (exact) mass is 502 g/mol. The van der Waals surface area contributed by atoms with Crippen molar-refractivity contribution in [2.24, 2.45) is 0 Å². The van der Waals surface area contributed by atoms with Crippen molar-refractivity contribution >= 4 is 30.4 Å². The minimum Gasteiger partial charge on any atom is -0.225 e. The van der Waals surface area contributed by atoms with Gasteiger partial charge in [0.25, 0.3) is 38.3 Å². The summed E-state index contributed by atoms with van der Waals surface area (Å²) in [5.41, 5.74) is 0. The van der Waals surface area contributed by atoms with Gasteiger partial charge in [-0.25, -0.2) is 52.1 Å². The number of rotatable bonds is 12. The minimum atomic E-state index is -6.83. The van der Waals surface area contributed by atoms with E-state index in [1.54, 1.807) is 0 Å². The van der Waals surface area contributed by atoms with Crippen LogP contribution in [0.5, 0.6) is 0 Å². The van der Waals surface area contributed by atoms with Crippen molar-refractivity contribution in [3.8, 4) is 0 Å². The van der Waals surface area contributed by atoms with E-state index < -0.39 is 72.6 Å². The molecule has 28 heavy (non-hydrogen) atoms. The third-order valence-electron chi connectivity index (χ3n) is 1.98. The normalized spacial score (nSPS) is 18.4. The molecule has 0 amide bonds. The van der Waals surface area contributed by atoms with Gasteiger partial charge in [0.1, 0.15) is 0 Å². The molecule has 0 rings (SSSR count). The second kappa shape index (κ2) is 9.73. The van der Waals surface area contributed by atoms with Gasteiger partial charge in [0, 0.05) is 0 Å². The second-order valence-corrected chi connectivity index (χ2v) is 9.96. The van der Waals surface area contributed by atoms with Crippen LogP contribution in [0.15, 0.2) is 0 Å². The Morgan fingerprint density at radius 1 is 0.429 bits per heavy atom. The van der Waals surface area contributed by atoms with E-state index in [2.05, 4.69) is 12.5 Å². The largest absolute Gasteiger partial charge is 0.336 e. The van der Waals surface area contributed by atoms with Gasteiger partial charge in [-0.2, -0.15) is 25.3 Å². The van der Waals surface area contributed by atoms with Crippen molar-refractivity contribution in [1.29, 1.82) is 0 Å². The van der Waals surface area contributed by atoms with Gasteiger partial charge in [-0.15, -0.1) is 0 Å². The topological polar surface area (TPSA) is 130 Å². The van der Waals surface area contributed by atoms with Crippen LogP contribution in [-0.4, -0.2) is 67.5 Å². The first-order valence-electron chi connectivity index (χ1n) is 5.88. The fraction of sp³-hybridized carbons (Fsp3) is 1.00. The van der Waals surface area contributed by atoms with Crippen LogP contribution in [0.2, 0.25) is 0 Å². The molecule has 0 aliphatic heterocycles. The van der Waals surface area contributed by atoms with Gasteiger partial charge in [0.15, 0.2) is 0 Å². The zero-order valence-electron chi connectivity index (χ0n) is 12.3. The summed E-state index contributed by atoms with van der Waals surface area (Å²) in [6.07, 6.45) is -25.9. The van der Waals surface area contributed by atoms with E-state index in [-0.39, 0.29) is 0 Å². The predicted octanol–water partition coefficient (Wildman–Crippen LogP) is 0.991. The van der Waals surface area contributed by atoms with Crippen LogP contribution in [-0.2, 0) is 42.9 Å². The highest BCUT2D eigenvalue weighted by Crippen LogP contribution is 2.28. The Morgan fingerprint density at radius 2 is 0.607 bits per heavy atom. The van der Waals surface area contributed by atoms with E-state index >= 15 is 0 Å². The van der Waals surface area contributed by atoms with E-state index in [1.807, 2.05) is 0 Å². The molecule has 0 aliphatic carbocycles. The molecule has 0 fully saturated rings. The highest BCUT2D eigenvalue weighted by atomic mass is 32.3. The summed E-state index contributed by atoms with van der Waals surface area (Å²) < 4.78 is 183. The summed E-state index contributed by atoms with van der Waals surface area (Å²) in [4.78, 5) is 0. The standard InChI is InChI=1S/C7H7F9O9S3/c8-1(9)4(14)23-26(17,18)7(27(19,20)24-5(15)2(10)11)28(21,22)25-6(16)3(12)13/h1-7H. The van der Waals surface area contributed by atoms with Crippen LogP contribution in [0, 0.1) is 0 Å². The van der Waals surface area contributed by atoms with Gasteiger partial charge in [-0.3, -0.25) is 0 Å². The number of hydrogen-bond acceptors (Lipinski definition) is 9. The maximum absolute atomic E-state index is 12.7. The fourth-order valence-electron chi connectivity index (χ4n) is 1.08. The summed E-state index contributed by atoms with van der Waals surface area (Å²) in [5, 5.41) is 0. The summed E-state index contributed by atoms with van der Waals surface area (Å²) in [5.74, 6) is 0. The molecule has 0 saturated carbocycles. The van der Waals surface area contributed by atoms with Crippen molar-refractivity contribution in [1.82, 2.24) is 0 Å². The summed E-state index contributed by atoms with van der Waals surface area (Å²) in [7, 11) is -20.5. The number of alkyl halides is 9. The molecule has 9 nitrogen and oxygen atoms in total. The van der Waals surface area contributed by atoms with Crippen LogP contribution >= 0.6 is 0 Å². The fourth-order valence-corrected chi connectivity index (χ4v) is 6.65. The Labute approximate surface area is 150 Å². The first-order chi connectivity index (χ1) is 12.3. The highest BCUT2D eigenvalue weighted by molar-refractivity contribution is 8.20. The lowest BCUT2D eigenvalue weighted by atomic mass is 10.7. The summed E-state index contributed by atoms with van der Waals surface area (Å²) >= 11 is 0. The zero-order chi connectivity index (χ0) is 22.7. The van der Waals surface area contributed by atoms with Crippen molar-refractivity contribution in [3.63, 3.8) is 0 Å². The van der Waals surface area contributed by atoms with Crippen LogP contribution in [0.4, 0.5) is 39.5 Å². The molecule has 0 saturated heterocycles. The second-order valence-electron chi connectivity index (χ2n) is 4.11. The molecule has 0 aromatic heterocycles. The lowest BCUT2D eigenvalue weighted by Gasteiger charge is -2.20. The Balaban J connectivity index is 6.33. The maximum Gasteiger partial charge on any atom is 0.336 e. The van der Waals surface area contributed by atoms with Crippen molar-refractivity contribution in [3.05, 3.63) is 0 Å². The molecule has 0 heterocycles. The first kappa shape index (κ1) is 27.1. The molecule has 0 bridgehead atoms. The predicted molar refractivity (Wildman–Crippen MR) is 66.5 cm³/mol. The molecular weight excluding hydrogens is 495 g/mol. The summed E-state index contributed by atoms with van der Waals surface area (Å²) in [6, 6.07) is 0. The van der Waals surface area contributed by atoms with Crippen molar-refractivity contribution < 1.29 is 77.3 Å². The van der Waals surface area contributed by atoms with E-state index in [1.165, 1.54) is 0 Å². The van der Waals surface area contributed by atoms with Crippen molar-refractivity contribution in [2.45, 2.75) is 42.3 Å². The quantitative estimate of drug-likeness (QED) is 0.283. The smallest absolute Gasteiger partial charge is 0.225 e. The molecule has 0 aromatic rings. The van der Waals surface area contributed by atoms with Gasteiger partial charge in [-0.05, 0) is 0 Å². The highest BCUT2D eigenvalue weighted by Gasteiger charge is 2.55. The van der Waals surface area contributed by atoms with Gasteiger partial charge >= 0.3 is 34.3 Å². The molecule has 0 radical (unpaired) electrons. The lowest BCUT2D eigenvalue weighted by molar-refractivity contribution is -0.0678. The van der Waals surface area contributed by atoms with E-state index in [9.17, 15) is 64.8 Å². The van der Waals surface area contributed by atoms with E-state index in [0.717, 1.165) is 0 Å².